The van der Waals surface area contributed by atoms with Crippen molar-refractivity contribution < 1.29 is 0 Å². The molecule has 4 heteroatoms. The van der Waals surface area contributed by atoms with Crippen molar-refractivity contribution >= 4 is 11.6 Å². The first-order valence-electron chi connectivity index (χ1n) is 7.03. The average Bonchev–Trinajstić information content (AvgIpc) is 3.21. The first-order chi connectivity index (χ1) is 8.71. The fourth-order valence-electron chi connectivity index (χ4n) is 2.32. The highest BCUT2D eigenvalue weighted by Gasteiger charge is 2.31. The van der Waals surface area contributed by atoms with Crippen LogP contribution in [0.1, 0.15) is 44.5 Å². The zero-order chi connectivity index (χ0) is 13.1. The van der Waals surface area contributed by atoms with Crippen LogP contribution in [0, 0.1) is 6.92 Å². The van der Waals surface area contributed by atoms with Gasteiger partial charge in [0, 0.05) is 31.6 Å². The highest BCUT2D eigenvalue weighted by molar-refractivity contribution is 5.59. The van der Waals surface area contributed by atoms with Gasteiger partial charge in [0.2, 0.25) is 0 Å². The van der Waals surface area contributed by atoms with E-state index in [0.29, 0.717) is 6.04 Å². The summed E-state index contributed by atoms with van der Waals surface area (Å²) in [5.41, 5.74) is 1.18. The van der Waals surface area contributed by atoms with Crippen LogP contribution in [0.5, 0.6) is 0 Å². The van der Waals surface area contributed by atoms with E-state index >= 15 is 0 Å². The van der Waals surface area contributed by atoms with Crippen LogP contribution < -0.4 is 10.2 Å². The smallest absolute Gasteiger partial charge is 0.137 e. The predicted octanol–water partition coefficient (Wildman–Crippen LogP) is 2.77. The lowest BCUT2D eigenvalue weighted by Crippen LogP contribution is -2.29. The summed E-state index contributed by atoms with van der Waals surface area (Å²) in [7, 11) is 1.93. The van der Waals surface area contributed by atoms with Gasteiger partial charge < -0.3 is 10.2 Å². The van der Waals surface area contributed by atoms with Gasteiger partial charge in [-0.1, -0.05) is 13.8 Å². The van der Waals surface area contributed by atoms with Crippen molar-refractivity contribution in [1.82, 2.24) is 9.97 Å². The van der Waals surface area contributed by atoms with Crippen molar-refractivity contribution in [2.75, 3.05) is 23.8 Å². The first kappa shape index (κ1) is 13.1. The van der Waals surface area contributed by atoms with Crippen LogP contribution in [-0.2, 0) is 6.42 Å². The maximum atomic E-state index is 4.75. The Morgan fingerprint density at radius 1 is 1.28 bits per heavy atom. The van der Waals surface area contributed by atoms with E-state index in [1.807, 2.05) is 7.05 Å². The Kier molecular flexibility index (Phi) is 4.04. The number of nitrogens with zero attached hydrogens (tertiary/aromatic N) is 3. The Labute approximate surface area is 110 Å². The lowest BCUT2D eigenvalue weighted by atomic mass is 10.2. The second-order valence-corrected chi connectivity index (χ2v) is 4.97. The van der Waals surface area contributed by atoms with Crippen molar-refractivity contribution in [2.24, 2.45) is 0 Å². The molecule has 1 aromatic heterocycles. The molecule has 0 atom stereocenters. The fraction of sp³-hybridized carbons (Fsp3) is 0.714. The van der Waals surface area contributed by atoms with Gasteiger partial charge in [0.15, 0.2) is 0 Å². The molecule has 1 aliphatic carbocycles. The molecule has 18 heavy (non-hydrogen) atoms. The average molecular weight is 248 g/mol. The quantitative estimate of drug-likeness (QED) is 0.840. The molecule has 100 valence electrons. The van der Waals surface area contributed by atoms with E-state index in [1.54, 1.807) is 0 Å². The second-order valence-electron chi connectivity index (χ2n) is 4.97. The number of rotatable bonds is 6. The lowest BCUT2D eigenvalue weighted by Gasteiger charge is -2.26. The minimum atomic E-state index is 0.702. The maximum Gasteiger partial charge on any atom is 0.137 e. The number of aryl methyl sites for hydroxylation is 1. The number of nitrogens with one attached hydrogen (secondary N) is 1. The van der Waals surface area contributed by atoms with Crippen LogP contribution in [-0.4, -0.2) is 29.6 Å². The van der Waals surface area contributed by atoms with Gasteiger partial charge in [0.1, 0.15) is 17.5 Å². The third-order valence-electron chi connectivity index (χ3n) is 3.44. The molecule has 4 nitrogen and oxygen atoms in total. The third-order valence-corrected chi connectivity index (χ3v) is 3.44. The summed E-state index contributed by atoms with van der Waals surface area (Å²) in [6.45, 7) is 7.54. The van der Waals surface area contributed by atoms with Crippen molar-refractivity contribution in [3.8, 4) is 0 Å². The Hall–Kier alpha value is -1.32. The van der Waals surface area contributed by atoms with Gasteiger partial charge in [-0.05, 0) is 26.2 Å². The van der Waals surface area contributed by atoms with E-state index in [9.17, 15) is 0 Å². The van der Waals surface area contributed by atoms with Crippen LogP contribution >= 0.6 is 0 Å². The van der Waals surface area contributed by atoms with E-state index in [1.165, 1.54) is 18.4 Å². The van der Waals surface area contributed by atoms with Gasteiger partial charge >= 0.3 is 0 Å². The van der Waals surface area contributed by atoms with Gasteiger partial charge in [0.25, 0.3) is 0 Å². The Balaban J connectivity index is 2.39. The predicted molar refractivity (Wildman–Crippen MR) is 76.4 cm³/mol. The van der Waals surface area contributed by atoms with Crippen LogP contribution in [0.25, 0.3) is 0 Å². The molecule has 0 radical (unpaired) electrons. The Morgan fingerprint density at radius 2 is 2.00 bits per heavy atom. The number of hydrogen-bond donors (Lipinski definition) is 1. The molecule has 0 amide bonds. The number of anilines is 2. The molecule has 0 aliphatic heterocycles. The SMILES string of the molecule is CCCN(c1nc(CC)nc(NC)c1C)C1CC1. The normalized spacial score (nSPS) is 14.7. The molecule has 0 spiro atoms. The fourth-order valence-corrected chi connectivity index (χ4v) is 2.32. The van der Waals surface area contributed by atoms with E-state index < -0.39 is 0 Å². The van der Waals surface area contributed by atoms with E-state index in [0.717, 1.165) is 36.8 Å². The van der Waals surface area contributed by atoms with Crippen molar-refractivity contribution in [1.29, 1.82) is 0 Å². The molecule has 0 unspecified atom stereocenters. The molecule has 0 aromatic carbocycles. The molecule has 1 N–H and O–H groups in total. The van der Waals surface area contributed by atoms with Crippen molar-refractivity contribution in [3.63, 3.8) is 0 Å². The number of aromatic nitrogens is 2. The van der Waals surface area contributed by atoms with Crippen LogP contribution in [0.3, 0.4) is 0 Å². The zero-order valence-electron chi connectivity index (χ0n) is 12.0. The summed E-state index contributed by atoms with van der Waals surface area (Å²) < 4.78 is 0. The zero-order valence-corrected chi connectivity index (χ0v) is 12.0. The molecular weight excluding hydrogens is 224 g/mol. The molecule has 0 saturated heterocycles. The Morgan fingerprint density at radius 3 is 2.50 bits per heavy atom. The van der Waals surface area contributed by atoms with Gasteiger partial charge in [-0.15, -0.1) is 0 Å². The molecule has 1 saturated carbocycles. The molecular formula is C14H24N4. The standard InChI is InChI=1S/C14H24N4/c1-5-9-18(11-7-8-11)14-10(3)13(15-4)16-12(6-2)17-14/h11H,5-9H2,1-4H3,(H,15,16,17). The van der Waals surface area contributed by atoms with Gasteiger partial charge in [-0.2, -0.15) is 0 Å². The molecule has 1 heterocycles. The van der Waals surface area contributed by atoms with Gasteiger partial charge in [0.05, 0.1) is 0 Å². The minimum absolute atomic E-state index is 0.702. The van der Waals surface area contributed by atoms with E-state index in [4.69, 9.17) is 4.98 Å². The second kappa shape index (κ2) is 5.55. The summed E-state index contributed by atoms with van der Waals surface area (Å²) in [5, 5.41) is 3.19. The molecule has 0 bridgehead atoms. The lowest BCUT2D eigenvalue weighted by molar-refractivity contribution is 0.738. The summed E-state index contributed by atoms with van der Waals surface area (Å²) >= 11 is 0. The highest BCUT2D eigenvalue weighted by atomic mass is 15.2. The summed E-state index contributed by atoms with van der Waals surface area (Å²) in [6.07, 6.45) is 4.66. The van der Waals surface area contributed by atoms with Crippen molar-refractivity contribution in [3.05, 3.63) is 11.4 Å². The van der Waals surface area contributed by atoms with Crippen LogP contribution in [0.4, 0.5) is 11.6 Å². The molecule has 2 rings (SSSR count). The topological polar surface area (TPSA) is 41.1 Å². The summed E-state index contributed by atoms with van der Waals surface area (Å²) in [5.74, 6) is 3.04. The molecule has 1 aromatic rings. The number of hydrogen-bond acceptors (Lipinski definition) is 4. The highest BCUT2D eigenvalue weighted by Crippen LogP contribution is 2.34. The van der Waals surface area contributed by atoms with E-state index in [2.05, 4.69) is 36.0 Å². The first-order valence-corrected chi connectivity index (χ1v) is 7.03. The Bertz CT molecular complexity index is 413. The summed E-state index contributed by atoms with van der Waals surface area (Å²) in [6, 6.07) is 0.702. The largest absolute Gasteiger partial charge is 0.373 e. The van der Waals surface area contributed by atoms with Gasteiger partial charge in [-0.25, -0.2) is 9.97 Å². The van der Waals surface area contributed by atoms with Crippen LogP contribution in [0.15, 0.2) is 0 Å². The van der Waals surface area contributed by atoms with Crippen molar-refractivity contribution in [2.45, 2.75) is 52.5 Å². The molecule has 1 aliphatic rings. The third kappa shape index (κ3) is 2.57. The molecule has 1 fully saturated rings. The minimum Gasteiger partial charge on any atom is -0.373 e. The van der Waals surface area contributed by atoms with E-state index in [-0.39, 0.29) is 0 Å². The van der Waals surface area contributed by atoms with Gasteiger partial charge in [-0.3, -0.25) is 0 Å². The maximum absolute atomic E-state index is 4.75. The monoisotopic (exact) mass is 248 g/mol. The summed E-state index contributed by atoms with van der Waals surface area (Å²) in [4.78, 5) is 11.8. The van der Waals surface area contributed by atoms with Crippen LogP contribution in [0.2, 0.25) is 0 Å².